The molecular formula is C10H13NO3. The van der Waals surface area contributed by atoms with Crippen molar-refractivity contribution in [3.05, 3.63) is 17.7 Å². The van der Waals surface area contributed by atoms with E-state index < -0.39 is 0 Å². The largest absolute Gasteiger partial charge is 0.504 e. The molecule has 4 heteroatoms. The Kier molecular flexibility index (Phi) is 2.21. The van der Waals surface area contributed by atoms with Gasteiger partial charge >= 0.3 is 0 Å². The Bertz CT molecular complexity index is 347. The van der Waals surface area contributed by atoms with Crippen LogP contribution in [0.1, 0.15) is 11.6 Å². The van der Waals surface area contributed by atoms with E-state index in [9.17, 15) is 5.11 Å². The summed E-state index contributed by atoms with van der Waals surface area (Å²) in [6, 6.07) is 3.93. The molecule has 0 amide bonds. The highest BCUT2D eigenvalue weighted by molar-refractivity contribution is 5.54. The Balaban J connectivity index is 2.43. The molecule has 76 valence electrons. The molecule has 2 N–H and O–H groups in total. The number of aromatic hydroxyl groups is 1. The summed E-state index contributed by atoms with van der Waals surface area (Å²) >= 11 is 0. The van der Waals surface area contributed by atoms with Crippen LogP contribution in [0.15, 0.2) is 12.1 Å². The zero-order chi connectivity index (χ0) is 10.1. The van der Waals surface area contributed by atoms with Crippen molar-refractivity contribution in [3.63, 3.8) is 0 Å². The highest BCUT2D eigenvalue weighted by Crippen LogP contribution is 2.40. The lowest BCUT2D eigenvalue weighted by Crippen LogP contribution is -1.93. The molecule has 0 aliphatic carbocycles. The smallest absolute Gasteiger partial charge is 0.203 e. The topological polar surface area (TPSA) is 60.6 Å². The van der Waals surface area contributed by atoms with Gasteiger partial charge in [-0.05, 0) is 17.7 Å². The van der Waals surface area contributed by atoms with Crippen LogP contribution in [0.25, 0.3) is 0 Å². The first-order chi connectivity index (χ1) is 6.76. The summed E-state index contributed by atoms with van der Waals surface area (Å²) in [4.78, 5) is 0. The summed E-state index contributed by atoms with van der Waals surface area (Å²) in [5, 5.41) is 12.8. The SMILES string of the molecule is COc1cc([C@H]2CN2)cc(O)c1OC. The van der Waals surface area contributed by atoms with E-state index >= 15 is 0 Å². The van der Waals surface area contributed by atoms with E-state index in [0.717, 1.165) is 12.1 Å². The van der Waals surface area contributed by atoms with E-state index in [4.69, 9.17) is 9.47 Å². The fourth-order valence-electron chi connectivity index (χ4n) is 1.46. The predicted molar refractivity (Wildman–Crippen MR) is 52.0 cm³/mol. The second-order valence-corrected chi connectivity index (χ2v) is 3.24. The number of hydrogen-bond acceptors (Lipinski definition) is 4. The van der Waals surface area contributed by atoms with Crippen LogP contribution in [0, 0.1) is 0 Å². The van der Waals surface area contributed by atoms with Crippen LogP contribution in [0.2, 0.25) is 0 Å². The molecule has 1 atom stereocenters. The molecule has 1 heterocycles. The molecular weight excluding hydrogens is 182 g/mol. The third-order valence-electron chi connectivity index (χ3n) is 2.29. The summed E-state index contributed by atoms with van der Waals surface area (Å²) in [5.41, 5.74) is 1.03. The van der Waals surface area contributed by atoms with Crippen molar-refractivity contribution in [1.82, 2.24) is 5.32 Å². The molecule has 14 heavy (non-hydrogen) atoms. The van der Waals surface area contributed by atoms with Gasteiger partial charge in [-0.25, -0.2) is 0 Å². The monoisotopic (exact) mass is 195 g/mol. The van der Waals surface area contributed by atoms with Crippen molar-refractivity contribution in [2.24, 2.45) is 0 Å². The molecule has 1 aromatic carbocycles. The first kappa shape index (κ1) is 9.15. The fourth-order valence-corrected chi connectivity index (χ4v) is 1.46. The van der Waals surface area contributed by atoms with Crippen molar-refractivity contribution in [3.8, 4) is 17.2 Å². The maximum Gasteiger partial charge on any atom is 0.203 e. The highest BCUT2D eigenvalue weighted by Gasteiger charge is 2.25. The minimum absolute atomic E-state index is 0.121. The number of phenols is 1. The van der Waals surface area contributed by atoms with Gasteiger partial charge in [-0.2, -0.15) is 0 Å². The Hall–Kier alpha value is -1.42. The van der Waals surface area contributed by atoms with Gasteiger partial charge < -0.3 is 19.9 Å². The molecule has 0 radical (unpaired) electrons. The first-order valence-corrected chi connectivity index (χ1v) is 4.44. The number of methoxy groups -OCH3 is 2. The fraction of sp³-hybridized carbons (Fsp3) is 0.400. The number of phenolic OH excluding ortho intramolecular Hbond substituents is 1. The molecule has 4 nitrogen and oxygen atoms in total. The van der Waals surface area contributed by atoms with Gasteiger partial charge in [-0.3, -0.25) is 0 Å². The third-order valence-corrected chi connectivity index (χ3v) is 2.29. The third kappa shape index (κ3) is 1.48. The van der Waals surface area contributed by atoms with E-state index in [2.05, 4.69) is 5.32 Å². The Labute approximate surface area is 82.5 Å². The second-order valence-electron chi connectivity index (χ2n) is 3.24. The van der Waals surface area contributed by atoms with Crippen molar-refractivity contribution < 1.29 is 14.6 Å². The maximum absolute atomic E-state index is 9.65. The minimum atomic E-state index is 0.121. The van der Waals surface area contributed by atoms with Gasteiger partial charge in [0, 0.05) is 12.6 Å². The first-order valence-electron chi connectivity index (χ1n) is 4.44. The summed E-state index contributed by atoms with van der Waals surface area (Å²) < 4.78 is 10.1. The van der Waals surface area contributed by atoms with Crippen LogP contribution in [0.4, 0.5) is 0 Å². The van der Waals surface area contributed by atoms with Crippen LogP contribution in [0.3, 0.4) is 0 Å². The van der Waals surface area contributed by atoms with Gasteiger partial charge in [0.2, 0.25) is 5.75 Å². The van der Waals surface area contributed by atoms with Gasteiger partial charge in [0.15, 0.2) is 11.5 Å². The molecule has 1 aliphatic heterocycles. The number of nitrogens with one attached hydrogen (secondary N) is 1. The quantitative estimate of drug-likeness (QED) is 0.708. The van der Waals surface area contributed by atoms with Crippen molar-refractivity contribution >= 4 is 0 Å². The number of ether oxygens (including phenoxy) is 2. The van der Waals surface area contributed by atoms with E-state index in [1.165, 1.54) is 7.11 Å². The average Bonchev–Trinajstić information content (AvgIpc) is 2.99. The van der Waals surface area contributed by atoms with Gasteiger partial charge in [-0.1, -0.05) is 0 Å². The summed E-state index contributed by atoms with van der Waals surface area (Å²) in [5.74, 6) is 1.07. The molecule has 0 bridgehead atoms. The van der Waals surface area contributed by atoms with Crippen molar-refractivity contribution in [2.75, 3.05) is 20.8 Å². The summed E-state index contributed by atoms with van der Waals surface area (Å²) in [6.45, 7) is 0.953. The van der Waals surface area contributed by atoms with E-state index in [1.807, 2.05) is 6.07 Å². The number of hydrogen-bond donors (Lipinski definition) is 2. The van der Waals surface area contributed by atoms with Gasteiger partial charge in [0.1, 0.15) is 0 Å². The molecule has 2 rings (SSSR count). The Morgan fingerprint density at radius 2 is 2.07 bits per heavy atom. The van der Waals surface area contributed by atoms with Crippen molar-refractivity contribution in [1.29, 1.82) is 0 Å². The van der Waals surface area contributed by atoms with E-state index in [0.29, 0.717) is 17.5 Å². The maximum atomic E-state index is 9.65. The zero-order valence-electron chi connectivity index (χ0n) is 8.20. The van der Waals surface area contributed by atoms with Crippen LogP contribution < -0.4 is 14.8 Å². The lowest BCUT2D eigenvalue weighted by molar-refractivity contribution is 0.332. The minimum Gasteiger partial charge on any atom is -0.504 e. The van der Waals surface area contributed by atoms with E-state index in [1.54, 1.807) is 13.2 Å². The van der Waals surface area contributed by atoms with Crippen LogP contribution >= 0.6 is 0 Å². The molecule has 1 fully saturated rings. The zero-order valence-corrected chi connectivity index (χ0v) is 8.20. The van der Waals surface area contributed by atoms with Crippen LogP contribution in [-0.2, 0) is 0 Å². The standard InChI is InChI=1S/C10H13NO3/c1-13-9-4-6(7-5-11-7)3-8(12)10(9)14-2/h3-4,7,11-12H,5H2,1-2H3/t7-/m1/s1. The molecule has 1 aliphatic rings. The average molecular weight is 195 g/mol. The Morgan fingerprint density at radius 1 is 1.36 bits per heavy atom. The molecule has 0 aromatic heterocycles. The van der Waals surface area contributed by atoms with Crippen LogP contribution in [0.5, 0.6) is 17.2 Å². The number of benzene rings is 1. The molecule has 0 unspecified atom stereocenters. The van der Waals surface area contributed by atoms with Gasteiger partial charge in [0.25, 0.3) is 0 Å². The van der Waals surface area contributed by atoms with Crippen LogP contribution in [-0.4, -0.2) is 25.9 Å². The molecule has 1 aromatic rings. The molecule has 1 saturated heterocycles. The predicted octanol–water partition coefficient (Wildman–Crippen LogP) is 1.05. The van der Waals surface area contributed by atoms with Gasteiger partial charge in [-0.15, -0.1) is 0 Å². The summed E-state index contributed by atoms with van der Waals surface area (Å²) in [6.07, 6.45) is 0. The normalized spacial score (nSPS) is 19.1. The lowest BCUT2D eigenvalue weighted by Gasteiger charge is -2.10. The van der Waals surface area contributed by atoms with Gasteiger partial charge in [0.05, 0.1) is 14.2 Å². The Morgan fingerprint density at radius 3 is 2.57 bits per heavy atom. The number of rotatable bonds is 3. The molecule has 0 spiro atoms. The van der Waals surface area contributed by atoms with E-state index in [-0.39, 0.29) is 5.75 Å². The second kappa shape index (κ2) is 3.38. The summed E-state index contributed by atoms with van der Waals surface area (Å²) in [7, 11) is 3.06. The molecule has 0 saturated carbocycles. The highest BCUT2D eigenvalue weighted by atomic mass is 16.5. The lowest BCUT2D eigenvalue weighted by atomic mass is 10.1. The van der Waals surface area contributed by atoms with Crippen molar-refractivity contribution in [2.45, 2.75) is 6.04 Å².